The summed E-state index contributed by atoms with van der Waals surface area (Å²) in [6.07, 6.45) is 0. The molecule has 6 nitrogen and oxygen atoms in total. The Morgan fingerprint density at radius 3 is 3.00 bits per heavy atom. The summed E-state index contributed by atoms with van der Waals surface area (Å²) < 4.78 is 1.47. The summed E-state index contributed by atoms with van der Waals surface area (Å²) in [6.45, 7) is 0.727. The third-order valence-corrected chi connectivity index (χ3v) is 1.10. The van der Waals surface area contributed by atoms with Crippen molar-refractivity contribution in [2.45, 2.75) is 13.1 Å². The van der Waals surface area contributed by atoms with E-state index in [0.717, 1.165) is 0 Å². The Kier molecular flexibility index (Phi) is 2.30. The summed E-state index contributed by atoms with van der Waals surface area (Å²) in [7, 11) is 0. The van der Waals surface area contributed by atoms with Crippen LogP contribution in [-0.4, -0.2) is 31.9 Å². The fraction of sp³-hybridized carbons (Fsp3) is 0.750. The van der Waals surface area contributed by atoms with E-state index in [0.29, 0.717) is 18.9 Å². The molecule has 6 heteroatoms. The van der Waals surface area contributed by atoms with Gasteiger partial charge >= 0.3 is 0 Å². The van der Waals surface area contributed by atoms with E-state index in [1.54, 1.807) is 0 Å². The molecule has 56 valence electrons. The Morgan fingerprint density at radius 1 is 1.60 bits per heavy atom. The van der Waals surface area contributed by atoms with Crippen LogP contribution in [0.25, 0.3) is 0 Å². The van der Waals surface area contributed by atoms with E-state index in [4.69, 9.17) is 10.8 Å². The maximum absolute atomic E-state index is 8.50. The number of hydrogen-bond donors (Lipinski definition) is 2. The molecule has 0 aliphatic rings. The third-order valence-electron chi connectivity index (χ3n) is 1.10. The number of rotatable bonds is 3. The van der Waals surface area contributed by atoms with Gasteiger partial charge in [-0.2, -0.15) is 0 Å². The highest BCUT2D eigenvalue weighted by Crippen LogP contribution is 1.87. The second-order valence-corrected chi connectivity index (χ2v) is 1.75. The molecule has 0 amide bonds. The van der Waals surface area contributed by atoms with Crippen LogP contribution in [0.15, 0.2) is 0 Å². The van der Waals surface area contributed by atoms with Gasteiger partial charge in [0.15, 0.2) is 5.82 Å². The molecular formula is C4H9N5O. The van der Waals surface area contributed by atoms with Crippen LogP contribution in [0.3, 0.4) is 0 Å². The molecule has 0 fully saturated rings. The Morgan fingerprint density at radius 2 is 2.40 bits per heavy atom. The maximum atomic E-state index is 8.50. The van der Waals surface area contributed by atoms with Gasteiger partial charge in [0.2, 0.25) is 0 Å². The third kappa shape index (κ3) is 1.28. The van der Waals surface area contributed by atoms with Crippen LogP contribution in [0.1, 0.15) is 5.82 Å². The van der Waals surface area contributed by atoms with E-state index < -0.39 is 0 Å². The van der Waals surface area contributed by atoms with Crippen LogP contribution < -0.4 is 5.73 Å². The SMILES string of the molecule is NCc1nnnn1CCO. The van der Waals surface area contributed by atoms with Crippen molar-refractivity contribution in [1.29, 1.82) is 0 Å². The summed E-state index contributed by atoms with van der Waals surface area (Å²) in [5.41, 5.74) is 5.28. The number of aromatic nitrogens is 4. The fourth-order valence-corrected chi connectivity index (χ4v) is 0.638. The van der Waals surface area contributed by atoms with Crippen molar-refractivity contribution in [3.05, 3.63) is 5.82 Å². The lowest BCUT2D eigenvalue weighted by molar-refractivity contribution is 0.266. The molecule has 0 atom stereocenters. The summed E-state index contributed by atoms with van der Waals surface area (Å²) in [5.74, 6) is 0.592. The molecule has 0 unspecified atom stereocenters. The lowest BCUT2D eigenvalue weighted by atomic mass is 10.6. The van der Waals surface area contributed by atoms with Crippen molar-refractivity contribution in [2.75, 3.05) is 6.61 Å². The topological polar surface area (TPSA) is 89.9 Å². The minimum atomic E-state index is 0.0258. The second-order valence-electron chi connectivity index (χ2n) is 1.75. The number of aliphatic hydroxyl groups is 1. The first-order valence-corrected chi connectivity index (χ1v) is 2.94. The summed E-state index contributed by atoms with van der Waals surface area (Å²) in [5, 5.41) is 19.1. The number of nitrogens with zero attached hydrogens (tertiary/aromatic N) is 4. The van der Waals surface area contributed by atoms with Crippen molar-refractivity contribution in [3.63, 3.8) is 0 Å². The standard InChI is InChI=1S/C4H9N5O/c5-3-4-6-7-8-9(4)1-2-10/h10H,1-3,5H2. The molecule has 3 N–H and O–H groups in total. The number of nitrogens with two attached hydrogens (primary N) is 1. The van der Waals surface area contributed by atoms with E-state index in [2.05, 4.69) is 15.5 Å². The fourth-order valence-electron chi connectivity index (χ4n) is 0.638. The molecule has 1 aromatic heterocycles. The first-order valence-electron chi connectivity index (χ1n) is 2.94. The van der Waals surface area contributed by atoms with Crippen molar-refractivity contribution < 1.29 is 5.11 Å². The molecule has 0 radical (unpaired) electrons. The van der Waals surface area contributed by atoms with Gasteiger partial charge < -0.3 is 10.8 Å². The van der Waals surface area contributed by atoms with Gasteiger partial charge in [-0.05, 0) is 10.4 Å². The molecule has 10 heavy (non-hydrogen) atoms. The molecule has 0 spiro atoms. The maximum Gasteiger partial charge on any atom is 0.164 e. The van der Waals surface area contributed by atoms with Gasteiger partial charge in [0.05, 0.1) is 19.7 Å². The van der Waals surface area contributed by atoms with E-state index in [9.17, 15) is 0 Å². The zero-order valence-electron chi connectivity index (χ0n) is 5.43. The lowest BCUT2D eigenvalue weighted by Gasteiger charge is -1.96. The molecule has 1 heterocycles. The van der Waals surface area contributed by atoms with Crippen LogP contribution in [-0.2, 0) is 13.1 Å². The minimum Gasteiger partial charge on any atom is -0.394 e. The first-order chi connectivity index (χ1) is 4.88. The van der Waals surface area contributed by atoms with Crippen molar-refractivity contribution >= 4 is 0 Å². The van der Waals surface area contributed by atoms with Crippen molar-refractivity contribution in [3.8, 4) is 0 Å². The monoisotopic (exact) mass is 143 g/mol. The predicted octanol–water partition coefficient (Wildman–Crippen LogP) is -1.88. The van der Waals surface area contributed by atoms with Gasteiger partial charge in [0, 0.05) is 0 Å². The molecule has 0 saturated carbocycles. The quantitative estimate of drug-likeness (QED) is 0.517. The number of aliphatic hydroxyl groups excluding tert-OH is 1. The van der Waals surface area contributed by atoms with Crippen LogP contribution >= 0.6 is 0 Å². The second kappa shape index (κ2) is 3.23. The Balaban J connectivity index is 2.70. The zero-order valence-corrected chi connectivity index (χ0v) is 5.43. The van der Waals surface area contributed by atoms with Gasteiger partial charge in [-0.1, -0.05) is 0 Å². The summed E-state index contributed by atoms with van der Waals surface area (Å²) in [6, 6.07) is 0. The highest BCUT2D eigenvalue weighted by atomic mass is 16.3. The number of hydrogen-bond acceptors (Lipinski definition) is 5. The summed E-state index contributed by atoms with van der Waals surface area (Å²) in [4.78, 5) is 0. The largest absolute Gasteiger partial charge is 0.394 e. The van der Waals surface area contributed by atoms with Gasteiger partial charge in [-0.3, -0.25) is 0 Å². The smallest absolute Gasteiger partial charge is 0.164 e. The van der Waals surface area contributed by atoms with Crippen LogP contribution in [0.4, 0.5) is 0 Å². The van der Waals surface area contributed by atoms with E-state index in [1.165, 1.54) is 4.68 Å². The van der Waals surface area contributed by atoms with Gasteiger partial charge in [0.1, 0.15) is 0 Å². The Bertz CT molecular complexity index is 197. The molecule has 1 rings (SSSR count). The van der Waals surface area contributed by atoms with Crippen LogP contribution in [0, 0.1) is 0 Å². The molecule has 0 saturated heterocycles. The molecular weight excluding hydrogens is 134 g/mol. The summed E-state index contributed by atoms with van der Waals surface area (Å²) >= 11 is 0. The van der Waals surface area contributed by atoms with E-state index in [-0.39, 0.29) is 6.61 Å². The molecule has 0 aliphatic heterocycles. The Hall–Kier alpha value is -1.01. The number of tetrazole rings is 1. The average Bonchev–Trinajstić information content (AvgIpc) is 2.36. The highest BCUT2D eigenvalue weighted by Gasteiger charge is 2.00. The van der Waals surface area contributed by atoms with Crippen LogP contribution in [0.5, 0.6) is 0 Å². The van der Waals surface area contributed by atoms with Crippen molar-refractivity contribution in [1.82, 2.24) is 20.2 Å². The predicted molar refractivity (Wildman–Crippen MR) is 32.8 cm³/mol. The minimum absolute atomic E-state index is 0.0258. The van der Waals surface area contributed by atoms with Gasteiger partial charge in [0.25, 0.3) is 0 Å². The molecule has 0 bridgehead atoms. The van der Waals surface area contributed by atoms with Gasteiger partial charge in [-0.15, -0.1) is 5.10 Å². The lowest BCUT2D eigenvalue weighted by Crippen LogP contribution is -2.11. The van der Waals surface area contributed by atoms with E-state index in [1.807, 2.05) is 0 Å². The molecule has 0 aromatic carbocycles. The molecule has 1 aromatic rings. The average molecular weight is 143 g/mol. The van der Waals surface area contributed by atoms with E-state index >= 15 is 0 Å². The zero-order chi connectivity index (χ0) is 7.40. The Labute approximate surface area is 57.6 Å². The highest BCUT2D eigenvalue weighted by molar-refractivity contribution is 4.77. The first kappa shape index (κ1) is 7.10. The van der Waals surface area contributed by atoms with Crippen LogP contribution in [0.2, 0.25) is 0 Å². The van der Waals surface area contributed by atoms with Crippen molar-refractivity contribution in [2.24, 2.45) is 5.73 Å². The van der Waals surface area contributed by atoms with Gasteiger partial charge in [-0.25, -0.2) is 4.68 Å². The normalized spacial score (nSPS) is 10.2. The molecule has 0 aliphatic carbocycles.